The Kier molecular flexibility index (Phi) is 6.62. The largest absolute Gasteiger partial charge is 2.00 e. The van der Waals surface area contributed by atoms with E-state index in [1.807, 2.05) is 48.9 Å². The standard InChI is InChI=1S/C44H25N5O.Pd/c1-2-10-28(11-3-1)48-38-14-6-5-13-33(38)36-26-35-31-19-17-29(24-37(31)44-46-22-23-47(44)40(35)27-42(36)48)50-30-18-20-34-32-12-4-7-15-39(32)49(41(34)25-30)43-16-8-9-21-45-43;/h1-23,26-27H;/q-2;+2. The van der Waals surface area contributed by atoms with E-state index in [4.69, 9.17) is 9.72 Å². The Morgan fingerprint density at radius 3 is 1.98 bits per heavy atom. The molecule has 51 heavy (non-hydrogen) atoms. The van der Waals surface area contributed by atoms with Crippen LogP contribution >= 0.6 is 0 Å². The molecule has 0 amide bonds. The van der Waals surface area contributed by atoms with E-state index in [1.165, 1.54) is 16.3 Å². The minimum Gasteiger partial charge on any atom is -0.503 e. The summed E-state index contributed by atoms with van der Waals surface area (Å²) in [7, 11) is 0. The Bertz CT molecular complexity index is 3130. The predicted octanol–water partition coefficient (Wildman–Crippen LogP) is 10.6. The van der Waals surface area contributed by atoms with E-state index in [0.717, 1.165) is 66.2 Å². The molecule has 0 saturated carbocycles. The molecule has 7 heteroatoms. The molecule has 0 bridgehead atoms. The molecule has 11 aromatic rings. The van der Waals surface area contributed by atoms with Gasteiger partial charge in [0, 0.05) is 57.6 Å². The van der Waals surface area contributed by atoms with Crippen LogP contribution in [0.5, 0.6) is 11.5 Å². The molecule has 5 heterocycles. The fourth-order valence-electron chi connectivity index (χ4n) is 7.67. The van der Waals surface area contributed by atoms with Gasteiger partial charge < -0.3 is 18.3 Å². The van der Waals surface area contributed by atoms with Crippen LogP contribution in [0.4, 0.5) is 0 Å². The van der Waals surface area contributed by atoms with Crippen molar-refractivity contribution in [1.29, 1.82) is 0 Å². The van der Waals surface area contributed by atoms with Gasteiger partial charge in [0.2, 0.25) is 0 Å². The van der Waals surface area contributed by atoms with E-state index >= 15 is 0 Å². The van der Waals surface area contributed by atoms with Gasteiger partial charge in [-0.1, -0.05) is 89.1 Å². The number of rotatable bonds is 4. The molecular formula is C44H25N5OPd. The van der Waals surface area contributed by atoms with Crippen molar-refractivity contribution in [2.24, 2.45) is 0 Å². The maximum atomic E-state index is 6.51. The maximum Gasteiger partial charge on any atom is 2.00 e. The van der Waals surface area contributed by atoms with Crippen LogP contribution < -0.4 is 4.74 Å². The van der Waals surface area contributed by atoms with Gasteiger partial charge in [-0.15, -0.1) is 29.7 Å². The van der Waals surface area contributed by atoms with Crippen molar-refractivity contribution in [2.75, 3.05) is 0 Å². The third-order valence-electron chi connectivity index (χ3n) is 9.79. The third-order valence-corrected chi connectivity index (χ3v) is 9.79. The average molecular weight is 746 g/mol. The average Bonchev–Trinajstić information content (AvgIpc) is 3.88. The van der Waals surface area contributed by atoms with Crippen LogP contribution in [0.25, 0.3) is 82.4 Å². The van der Waals surface area contributed by atoms with E-state index in [9.17, 15) is 0 Å². The second kappa shape index (κ2) is 11.4. The Hall–Kier alpha value is -6.26. The monoisotopic (exact) mass is 745 g/mol. The molecular weight excluding hydrogens is 721 g/mol. The fraction of sp³-hybridized carbons (Fsp3) is 0. The number of fused-ring (bicyclic) bond motifs is 12. The molecule has 0 aliphatic rings. The normalized spacial score (nSPS) is 11.8. The third kappa shape index (κ3) is 4.39. The zero-order valence-electron chi connectivity index (χ0n) is 26.9. The van der Waals surface area contributed by atoms with Crippen molar-refractivity contribution in [2.45, 2.75) is 0 Å². The number of ether oxygens (including phenoxy) is 1. The second-order valence-corrected chi connectivity index (χ2v) is 12.5. The smallest absolute Gasteiger partial charge is 0.503 e. The molecule has 0 spiro atoms. The number of para-hydroxylation sites is 3. The molecule has 242 valence electrons. The van der Waals surface area contributed by atoms with Crippen LogP contribution in [-0.4, -0.2) is 23.5 Å². The van der Waals surface area contributed by atoms with Crippen LogP contribution in [0.2, 0.25) is 0 Å². The summed E-state index contributed by atoms with van der Waals surface area (Å²) in [5, 5.41) is 7.74. The van der Waals surface area contributed by atoms with Gasteiger partial charge in [0.25, 0.3) is 0 Å². The number of benzene rings is 6. The van der Waals surface area contributed by atoms with Gasteiger partial charge in [-0.05, 0) is 53.2 Å². The van der Waals surface area contributed by atoms with Crippen molar-refractivity contribution in [3.05, 3.63) is 164 Å². The van der Waals surface area contributed by atoms with Gasteiger partial charge in [-0.2, -0.15) is 6.07 Å². The Balaban J connectivity index is 0.00000327. The topological polar surface area (TPSA) is 49.3 Å². The number of pyridine rings is 2. The number of nitrogens with zero attached hydrogens (tertiary/aromatic N) is 5. The molecule has 0 N–H and O–H groups in total. The van der Waals surface area contributed by atoms with Crippen LogP contribution in [0.15, 0.2) is 152 Å². The van der Waals surface area contributed by atoms with Crippen molar-refractivity contribution >= 4 is 70.9 Å². The van der Waals surface area contributed by atoms with E-state index in [0.29, 0.717) is 11.5 Å². The quantitative estimate of drug-likeness (QED) is 0.102. The van der Waals surface area contributed by atoms with Crippen LogP contribution in [0.3, 0.4) is 0 Å². The van der Waals surface area contributed by atoms with Gasteiger partial charge in [0.05, 0.1) is 16.7 Å². The second-order valence-electron chi connectivity index (χ2n) is 12.5. The van der Waals surface area contributed by atoms with E-state index in [1.54, 1.807) is 0 Å². The molecule has 0 atom stereocenters. The predicted molar refractivity (Wildman–Crippen MR) is 201 cm³/mol. The summed E-state index contributed by atoms with van der Waals surface area (Å²) >= 11 is 0. The summed E-state index contributed by atoms with van der Waals surface area (Å²) in [6.45, 7) is 0. The summed E-state index contributed by atoms with van der Waals surface area (Å²) in [4.78, 5) is 9.47. The molecule has 0 unspecified atom stereocenters. The summed E-state index contributed by atoms with van der Waals surface area (Å²) in [6, 6.07) is 53.4. The van der Waals surface area contributed by atoms with E-state index in [-0.39, 0.29) is 20.4 Å². The summed E-state index contributed by atoms with van der Waals surface area (Å²) < 4.78 is 13.2. The summed E-state index contributed by atoms with van der Waals surface area (Å²) in [5.74, 6) is 2.03. The Morgan fingerprint density at radius 2 is 1.18 bits per heavy atom. The number of hydrogen-bond acceptors (Lipinski definition) is 3. The Labute approximate surface area is 305 Å². The van der Waals surface area contributed by atoms with Gasteiger partial charge in [-0.25, -0.2) is 4.98 Å². The number of hydrogen-bond donors (Lipinski definition) is 0. The first-order chi connectivity index (χ1) is 24.8. The van der Waals surface area contributed by atoms with Gasteiger partial charge in [0.15, 0.2) is 0 Å². The molecule has 0 fully saturated rings. The zero-order chi connectivity index (χ0) is 32.8. The number of aromatic nitrogens is 5. The van der Waals surface area contributed by atoms with Crippen molar-refractivity contribution in [3.8, 4) is 23.0 Å². The van der Waals surface area contributed by atoms with Crippen molar-refractivity contribution in [3.63, 3.8) is 0 Å². The van der Waals surface area contributed by atoms with Gasteiger partial charge in [0.1, 0.15) is 5.82 Å². The van der Waals surface area contributed by atoms with Crippen molar-refractivity contribution < 1.29 is 25.2 Å². The van der Waals surface area contributed by atoms with Crippen LogP contribution in [0.1, 0.15) is 0 Å². The fourth-order valence-corrected chi connectivity index (χ4v) is 7.67. The first-order valence-corrected chi connectivity index (χ1v) is 16.6. The summed E-state index contributed by atoms with van der Waals surface area (Å²) in [6.07, 6.45) is 5.69. The minimum atomic E-state index is 0. The van der Waals surface area contributed by atoms with E-state index < -0.39 is 0 Å². The SMILES string of the molecule is [Pd+2].[c-]1c(Oc2[c-]c3c(cc2)c2ccccc2n3-c2ccccn2)ccc2c1c1nccn1c1cc3c(cc21)c1ccccc1n3-c1ccccc1. The summed E-state index contributed by atoms with van der Waals surface area (Å²) in [5.41, 5.74) is 7.34. The number of imidazole rings is 1. The molecule has 0 aliphatic carbocycles. The van der Waals surface area contributed by atoms with Crippen LogP contribution in [0, 0.1) is 12.1 Å². The molecule has 6 aromatic carbocycles. The van der Waals surface area contributed by atoms with Crippen molar-refractivity contribution in [1.82, 2.24) is 23.5 Å². The maximum absolute atomic E-state index is 6.51. The molecule has 0 radical (unpaired) electrons. The van der Waals surface area contributed by atoms with Crippen LogP contribution in [-0.2, 0) is 20.4 Å². The molecule has 11 rings (SSSR count). The Morgan fingerprint density at radius 1 is 0.490 bits per heavy atom. The molecule has 5 aromatic heterocycles. The molecule has 0 aliphatic heterocycles. The van der Waals surface area contributed by atoms with Gasteiger partial charge >= 0.3 is 20.4 Å². The first kappa shape index (κ1) is 29.6. The first-order valence-electron chi connectivity index (χ1n) is 16.6. The van der Waals surface area contributed by atoms with Gasteiger partial charge in [-0.3, -0.25) is 4.98 Å². The minimum absolute atomic E-state index is 0. The zero-order valence-corrected chi connectivity index (χ0v) is 28.4. The van der Waals surface area contributed by atoms with E-state index in [2.05, 4.69) is 134 Å². The molecule has 0 saturated heterocycles. The molecule has 6 nitrogen and oxygen atoms in total.